The van der Waals surface area contributed by atoms with Gasteiger partial charge in [0.1, 0.15) is 18.6 Å². The Kier molecular flexibility index (Phi) is 7.05. The lowest BCUT2D eigenvalue weighted by Crippen LogP contribution is -2.30. The Hall–Kier alpha value is -3.80. The van der Waals surface area contributed by atoms with E-state index in [1.807, 2.05) is 30.3 Å². The summed E-state index contributed by atoms with van der Waals surface area (Å²) in [5.74, 6) is 1.15. The maximum atomic E-state index is 12.5. The Morgan fingerprint density at radius 3 is 2.40 bits per heavy atom. The molecule has 0 aliphatic carbocycles. The second-order valence-electron chi connectivity index (χ2n) is 6.58. The Morgan fingerprint density at radius 2 is 1.73 bits per heavy atom. The quantitative estimate of drug-likeness (QED) is 0.531. The van der Waals surface area contributed by atoms with Gasteiger partial charge in [0.2, 0.25) is 0 Å². The van der Waals surface area contributed by atoms with Gasteiger partial charge < -0.3 is 19.5 Å². The topological polar surface area (TPSA) is 73.9 Å². The molecule has 1 atom stereocenters. The molecule has 6 heteroatoms. The van der Waals surface area contributed by atoms with E-state index >= 15 is 0 Å². The fourth-order valence-corrected chi connectivity index (χ4v) is 2.72. The van der Waals surface area contributed by atoms with Crippen molar-refractivity contribution in [3.05, 3.63) is 83.9 Å². The molecule has 0 saturated heterocycles. The highest BCUT2D eigenvalue weighted by atomic mass is 16.5. The van der Waals surface area contributed by atoms with E-state index in [4.69, 9.17) is 14.2 Å². The van der Waals surface area contributed by atoms with Crippen molar-refractivity contribution in [2.75, 3.05) is 12.4 Å². The number of carbonyl (C=O) groups excluding carboxylic acids is 2. The van der Waals surface area contributed by atoms with Crippen LogP contribution in [0.4, 0.5) is 5.69 Å². The molecule has 0 aliphatic heterocycles. The molecule has 0 saturated carbocycles. The number of benzene rings is 3. The molecule has 1 N–H and O–H groups in total. The minimum Gasteiger partial charge on any atom is -0.493 e. The first kappa shape index (κ1) is 20.9. The second-order valence-corrected chi connectivity index (χ2v) is 6.58. The number of ether oxygens (including phenoxy) is 3. The van der Waals surface area contributed by atoms with Crippen LogP contribution < -0.4 is 19.5 Å². The Labute approximate surface area is 175 Å². The molecule has 3 rings (SSSR count). The van der Waals surface area contributed by atoms with E-state index in [0.29, 0.717) is 41.4 Å². The Bertz CT molecular complexity index is 986. The van der Waals surface area contributed by atoms with Crippen molar-refractivity contribution in [2.45, 2.75) is 19.6 Å². The number of anilines is 1. The number of methoxy groups -OCH3 is 1. The summed E-state index contributed by atoms with van der Waals surface area (Å²) in [6.45, 7) is 2.10. The van der Waals surface area contributed by atoms with Gasteiger partial charge in [-0.05, 0) is 55.0 Å². The maximum Gasteiger partial charge on any atom is 0.265 e. The van der Waals surface area contributed by atoms with Crippen LogP contribution >= 0.6 is 0 Å². The van der Waals surface area contributed by atoms with Crippen LogP contribution in [0.1, 0.15) is 22.8 Å². The predicted octanol–water partition coefficient (Wildman–Crippen LogP) is 4.49. The largest absolute Gasteiger partial charge is 0.493 e. The zero-order valence-electron chi connectivity index (χ0n) is 16.8. The van der Waals surface area contributed by atoms with E-state index in [9.17, 15) is 9.59 Å². The SMILES string of the molecule is COc1ccc(C=O)cc1OC(C)C(=O)Nc1ccc(OCc2ccccc2)cc1. The van der Waals surface area contributed by atoms with Crippen LogP contribution in [-0.4, -0.2) is 25.4 Å². The molecule has 3 aromatic rings. The molecule has 1 unspecified atom stereocenters. The first-order chi connectivity index (χ1) is 14.6. The molecule has 0 spiro atoms. The lowest BCUT2D eigenvalue weighted by Gasteiger charge is -2.17. The van der Waals surface area contributed by atoms with Crippen molar-refractivity contribution in [2.24, 2.45) is 0 Å². The summed E-state index contributed by atoms with van der Waals surface area (Å²) < 4.78 is 16.7. The molecule has 0 aromatic heterocycles. The van der Waals surface area contributed by atoms with Crippen LogP contribution in [0.3, 0.4) is 0 Å². The lowest BCUT2D eigenvalue weighted by molar-refractivity contribution is -0.122. The summed E-state index contributed by atoms with van der Waals surface area (Å²) in [6, 6.07) is 21.8. The van der Waals surface area contributed by atoms with Crippen LogP contribution in [0, 0.1) is 0 Å². The van der Waals surface area contributed by atoms with E-state index in [1.165, 1.54) is 13.2 Å². The molecule has 0 bridgehead atoms. The standard InChI is InChI=1S/C24H23NO5/c1-17(30-23-14-19(15-26)8-13-22(23)28-2)24(27)25-20-9-11-21(12-10-20)29-16-18-6-4-3-5-7-18/h3-15,17H,16H2,1-2H3,(H,25,27). The summed E-state index contributed by atoms with van der Waals surface area (Å²) in [7, 11) is 1.49. The second kappa shape index (κ2) is 10.1. The molecule has 0 radical (unpaired) electrons. The van der Waals surface area contributed by atoms with Gasteiger partial charge in [0, 0.05) is 11.3 Å². The van der Waals surface area contributed by atoms with E-state index < -0.39 is 6.10 Å². The first-order valence-electron chi connectivity index (χ1n) is 9.46. The number of hydrogen-bond acceptors (Lipinski definition) is 5. The third-order valence-corrected chi connectivity index (χ3v) is 4.37. The van der Waals surface area contributed by atoms with Crippen LogP contribution in [-0.2, 0) is 11.4 Å². The molecule has 0 heterocycles. The summed E-state index contributed by atoms with van der Waals surface area (Å²) in [5.41, 5.74) is 2.13. The summed E-state index contributed by atoms with van der Waals surface area (Å²) in [4.78, 5) is 23.5. The van der Waals surface area contributed by atoms with Gasteiger partial charge in [0.05, 0.1) is 7.11 Å². The normalized spacial score (nSPS) is 11.3. The molecular formula is C24H23NO5. The highest BCUT2D eigenvalue weighted by Crippen LogP contribution is 2.28. The molecule has 0 aliphatic rings. The van der Waals surface area contributed by atoms with Crippen molar-refractivity contribution in [3.63, 3.8) is 0 Å². The summed E-state index contributed by atoms with van der Waals surface area (Å²) >= 11 is 0. The fraction of sp³-hybridized carbons (Fsp3) is 0.167. The molecule has 6 nitrogen and oxygen atoms in total. The number of nitrogens with one attached hydrogen (secondary N) is 1. The van der Waals surface area contributed by atoms with E-state index in [-0.39, 0.29) is 5.91 Å². The first-order valence-corrected chi connectivity index (χ1v) is 9.46. The molecule has 3 aromatic carbocycles. The Morgan fingerprint density at radius 1 is 1.00 bits per heavy atom. The minimum atomic E-state index is -0.796. The fourth-order valence-electron chi connectivity index (χ4n) is 2.72. The zero-order valence-corrected chi connectivity index (χ0v) is 16.8. The monoisotopic (exact) mass is 405 g/mol. The van der Waals surface area contributed by atoms with Crippen molar-refractivity contribution < 1.29 is 23.8 Å². The van der Waals surface area contributed by atoms with Crippen molar-refractivity contribution in [1.82, 2.24) is 0 Å². The highest BCUT2D eigenvalue weighted by molar-refractivity contribution is 5.94. The molecule has 154 valence electrons. The van der Waals surface area contributed by atoms with E-state index in [0.717, 1.165) is 5.56 Å². The van der Waals surface area contributed by atoms with Crippen molar-refractivity contribution >= 4 is 17.9 Å². The number of carbonyl (C=O) groups is 2. The molecular weight excluding hydrogens is 382 g/mol. The van der Waals surface area contributed by atoms with Gasteiger partial charge in [-0.3, -0.25) is 9.59 Å². The van der Waals surface area contributed by atoms with Gasteiger partial charge in [0.25, 0.3) is 5.91 Å². The average molecular weight is 405 g/mol. The van der Waals surface area contributed by atoms with E-state index in [1.54, 1.807) is 43.3 Å². The number of amides is 1. The molecule has 30 heavy (non-hydrogen) atoms. The van der Waals surface area contributed by atoms with Crippen LogP contribution in [0.5, 0.6) is 17.2 Å². The van der Waals surface area contributed by atoms with Gasteiger partial charge in [0.15, 0.2) is 17.6 Å². The number of rotatable bonds is 9. The van der Waals surface area contributed by atoms with Crippen LogP contribution in [0.25, 0.3) is 0 Å². The summed E-state index contributed by atoms with van der Waals surface area (Å²) in [6.07, 6.45) is -0.0897. The van der Waals surface area contributed by atoms with E-state index in [2.05, 4.69) is 5.32 Å². The maximum absolute atomic E-state index is 12.5. The van der Waals surface area contributed by atoms with Gasteiger partial charge in [-0.25, -0.2) is 0 Å². The predicted molar refractivity (Wildman–Crippen MR) is 114 cm³/mol. The molecule has 0 fully saturated rings. The third-order valence-electron chi connectivity index (χ3n) is 4.37. The van der Waals surface area contributed by atoms with Gasteiger partial charge >= 0.3 is 0 Å². The van der Waals surface area contributed by atoms with Gasteiger partial charge in [-0.15, -0.1) is 0 Å². The summed E-state index contributed by atoms with van der Waals surface area (Å²) in [5, 5.41) is 2.80. The van der Waals surface area contributed by atoms with Crippen LogP contribution in [0.2, 0.25) is 0 Å². The zero-order chi connectivity index (χ0) is 21.3. The third kappa shape index (κ3) is 5.61. The Balaban J connectivity index is 1.57. The highest BCUT2D eigenvalue weighted by Gasteiger charge is 2.17. The van der Waals surface area contributed by atoms with Crippen LogP contribution in [0.15, 0.2) is 72.8 Å². The lowest BCUT2D eigenvalue weighted by atomic mass is 10.2. The van der Waals surface area contributed by atoms with Crippen molar-refractivity contribution in [3.8, 4) is 17.2 Å². The minimum absolute atomic E-state index is 0.327. The average Bonchev–Trinajstić information content (AvgIpc) is 2.79. The molecule has 1 amide bonds. The number of hydrogen-bond donors (Lipinski definition) is 1. The van der Waals surface area contributed by atoms with Gasteiger partial charge in [-0.1, -0.05) is 30.3 Å². The smallest absolute Gasteiger partial charge is 0.265 e. The number of aldehydes is 1. The van der Waals surface area contributed by atoms with Gasteiger partial charge in [-0.2, -0.15) is 0 Å². The van der Waals surface area contributed by atoms with Crippen molar-refractivity contribution in [1.29, 1.82) is 0 Å².